The molecular weight excluding hydrogens is 276 g/mol. The fraction of sp³-hybridized carbons (Fsp3) is 0.643. The summed E-state index contributed by atoms with van der Waals surface area (Å²) in [7, 11) is 0. The summed E-state index contributed by atoms with van der Waals surface area (Å²) >= 11 is 0. The van der Waals surface area contributed by atoms with Gasteiger partial charge in [0.25, 0.3) is 5.91 Å². The first-order chi connectivity index (χ1) is 10.2. The number of fused-ring (bicyclic) bond motifs is 1. The third-order valence-electron chi connectivity index (χ3n) is 4.08. The van der Waals surface area contributed by atoms with Crippen LogP contribution in [-0.4, -0.2) is 52.8 Å². The van der Waals surface area contributed by atoms with Gasteiger partial charge in [0.15, 0.2) is 11.7 Å². The molecule has 0 spiro atoms. The number of amides is 1. The van der Waals surface area contributed by atoms with E-state index in [4.69, 9.17) is 9.26 Å². The Morgan fingerprint density at radius 3 is 2.86 bits per heavy atom. The van der Waals surface area contributed by atoms with Gasteiger partial charge in [-0.15, -0.1) is 0 Å². The van der Waals surface area contributed by atoms with Crippen LogP contribution in [0.4, 0.5) is 0 Å². The maximum atomic E-state index is 12.6. The molecule has 1 fully saturated rings. The molecule has 1 aromatic rings. The molecule has 1 amide bonds. The number of carbonyl (C=O) groups excluding carboxylic acids is 1. The smallest absolute Gasteiger partial charge is 0.328 e. The third-order valence-corrected chi connectivity index (χ3v) is 4.08. The monoisotopic (exact) mass is 294 g/mol. The summed E-state index contributed by atoms with van der Waals surface area (Å²) in [5, 5.41) is 13.1. The Labute approximate surface area is 121 Å². The van der Waals surface area contributed by atoms with E-state index in [1.807, 2.05) is 0 Å². The highest BCUT2D eigenvalue weighted by molar-refractivity contribution is 5.96. The fourth-order valence-corrected chi connectivity index (χ4v) is 2.92. The summed E-state index contributed by atoms with van der Waals surface area (Å²) in [4.78, 5) is 25.2. The predicted molar refractivity (Wildman–Crippen MR) is 71.0 cm³/mol. The number of hydrogen-bond acceptors (Lipinski definition) is 5. The van der Waals surface area contributed by atoms with Crippen molar-refractivity contribution in [2.45, 2.75) is 38.1 Å². The van der Waals surface area contributed by atoms with Gasteiger partial charge in [0.1, 0.15) is 5.76 Å². The summed E-state index contributed by atoms with van der Waals surface area (Å²) in [5.41, 5.74) is 1.13. The number of hydrogen-bond donors (Lipinski definition) is 1. The Morgan fingerprint density at radius 2 is 2.05 bits per heavy atom. The number of carboxylic acid groups (broad SMARTS) is 1. The number of ether oxygens (including phenoxy) is 1. The Hall–Kier alpha value is -1.89. The van der Waals surface area contributed by atoms with Gasteiger partial charge in [-0.1, -0.05) is 11.6 Å². The molecule has 21 heavy (non-hydrogen) atoms. The normalized spacial score (nSPS) is 22.5. The molecule has 1 aliphatic carbocycles. The lowest BCUT2D eigenvalue weighted by molar-refractivity contribution is -0.147. The zero-order valence-electron chi connectivity index (χ0n) is 11.7. The molecule has 1 aliphatic heterocycles. The van der Waals surface area contributed by atoms with E-state index in [-0.39, 0.29) is 24.8 Å². The average molecular weight is 294 g/mol. The number of nitrogens with zero attached hydrogens (tertiary/aromatic N) is 2. The van der Waals surface area contributed by atoms with Gasteiger partial charge >= 0.3 is 5.97 Å². The molecular formula is C14H18N2O5. The molecule has 114 valence electrons. The number of morpholine rings is 1. The molecule has 7 nitrogen and oxygen atoms in total. The number of aliphatic carboxylic acids is 1. The van der Waals surface area contributed by atoms with Gasteiger partial charge in [0.2, 0.25) is 0 Å². The fourth-order valence-electron chi connectivity index (χ4n) is 2.92. The first kappa shape index (κ1) is 14.1. The van der Waals surface area contributed by atoms with Gasteiger partial charge in [-0.05, 0) is 19.3 Å². The van der Waals surface area contributed by atoms with Crippen LogP contribution in [0.3, 0.4) is 0 Å². The molecule has 1 aromatic heterocycles. The molecule has 0 aromatic carbocycles. The van der Waals surface area contributed by atoms with E-state index in [0.717, 1.165) is 43.4 Å². The molecule has 0 radical (unpaired) electrons. The van der Waals surface area contributed by atoms with E-state index in [1.54, 1.807) is 0 Å². The number of carboxylic acids is 1. The summed E-state index contributed by atoms with van der Waals surface area (Å²) in [6, 6.07) is -0.954. The van der Waals surface area contributed by atoms with E-state index < -0.39 is 12.0 Å². The topological polar surface area (TPSA) is 92.9 Å². The molecule has 1 saturated heterocycles. The Bertz CT molecular complexity index is 554. The quantitative estimate of drug-likeness (QED) is 0.814. The van der Waals surface area contributed by atoms with E-state index in [2.05, 4.69) is 5.16 Å². The van der Waals surface area contributed by atoms with Crippen molar-refractivity contribution in [1.29, 1.82) is 0 Å². The summed E-state index contributed by atoms with van der Waals surface area (Å²) in [6.07, 6.45) is 4.70. The lowest BCUT2D eigenvalue weighted by Gasteiger charge is -2.32. The first-order valence-electron chi connectivity index (χ1n) is 7.27. The number of rotatable bonds is 2. The van der Waals surface area contributed by atoms with Crippen LogP contribution in [0.5, 0.6) is 0 Å². The lowest BCUT2D eigenvalue weighted by Crippen LogP contribution is -2.52. The van der Waals surface area contributed by atoms with Crippen molar-refractivity contribution in [1.82, 2.24) is 10.1 Å². The van der Waals surface area contributed by atoms with Crippen molar-refractivity contribution >= 4 is 11.9 Å². The van der Waals surface area contributed by atoms with Crippen LogP contribution >= 0.6 is 0 Å². The van der Waals surface area contributed by atoms with Crippen LogP contribution in [-0.2, 0) is 22.4 Å². The highest BCUT2D eigenvalue weighted by Crippen LogP contribution is 2.25. The Kier molecular flexibility index (Phi) is 3.92. The van der Waals surface area contributed by atoms with E-state index in [1.165, 1.54) is 4.90 Å². The molecule has 0 bridgehead atoms. The zero-order valence-corrected chi connectivity index (χ0v) is 11.7. The minimum atomic E-state index is -1.06. The van der Waals surface area contributed by atoms with E-state index >= 15 is 0 Å². The zero-order chi connectivity index (χ0) is 14.8. The van der Waals surface area contributed by atoms with E-state index in [0.29, 0.717) is 6.61 Å². The third kappa shape index (κ3) is 2.65. The molecule has 3 rings (SSSR count). The van der Waals surface area contributed by atoms with Crippen LogP contribution in [0, 0.1) is 0 Å². The Morgan fingerprint density at radius 1 is 1.24 bits per heavy atom. The lowest BCUT2D eigenvalue weighted by atomic mass is 10.1. The van der Waals surface area contributed by atoms with Gasteiger partial charge in [-0.2, -0.15) is 0 Å². The Balaban J connectivity index is 1.87. The number of aryl methyl sites for hydroxylation is 1. The summed E-state index contributed by atoms with van der Waals surface area (Å²) in [6.45, 7) is 0.619. The summed E-state index contributed by atoms with van der Waals surface area (Å²) < 4.78 is 10.5. The van der Waals surface area contributed by atoms with Crippen LogP contribution in [0.15, 0.2) is 4.52 Å². The van der Waals surface area contributed by atoms with Crippen molar-refractivity contribution in [3.8, 4) is 0 Å². The highest BCUT2D eigenvalue weighted by atomic mass is 16.5. The van der Waals surface area contributed by atoms with Crippen molar-refractivity contribution in [3.63, 3.8) is 0 Å². The molecule has 1 unspecified atom stereocenters. The molecule has 7 heteroatoms. The predicted octanol–water partition coefficient (Wildman–Crippen LogP) is 0.869. The van der Waals surface area contributed by atoms with Gasteiger partial charge in [-0.25, -0.2) is 4.79 Å². The molecule has 2 heterocycles. The molecule has 2 aliphatic rings. The minimum absolute atomic E-state index is 0.0150. The SMILES string of the molecule is O=C(O)C1COCCN1C(=O)c1noc2c1CCCCC2. The molecule has 1 N–H and O–H groups in total. The van der Waals surface area contributed by atoms with Crippen LogP contribution in [0.1, 0.15) is 41.1 Å². The van der Waals surface area contributed by atoms with Crippen molar-refractivity contribution in [2.24, 2.45) is 0 Å². The second kappa shape index (κ2) is 5.85. The van der Waals surface area contributed by atoms with Crippen molar-refractivity contribution in [2.75, 3.05) is 19.8 Å². The second-order valence-electron chi connectivity index (χ2n) is 5.42. The second-order valence-corrected chi connectivity index (χ2v) is 5.42. The van der Waals surface area contributed by atoms with Gasteiger partial charge in [-0.3, -0.25) is 4.79 Å². The standard InChI is InChI=1S/C14H18N2O5/c17-13(16-6-7-20-8-10(16)14(18)19)12-9-4-2-1-3-5-11(9)21-15-12/h10H,1-8H2,(H,18,19). The van der Waals surface area contributed by atoms with Gasteiger partial charge in [0, 0.05) is 18.5 Å². The largest absolute Gasteiger partial charge is 0.480 e. The maximum absolute atomic E-state index is 12.6. The number of carbonyl (C=O) groups is 2. The van der Waals surface area contributed by atoms with Crippen LogP contribution in [0.2, 0.25) is 0 Å². The van der Waals surface area contributed by atoms with Crippen molar-refractivity contribution < 1.29 is 24.0 Å². The average Bonchev–Trinajstić information content (AvgIpc) is 2.75. The van der Waals surface area contributed by atoms with Gasteiger partial charge in [0.05, 0.1) is 13.2 Å². The minimum Gasteiger partial charge on any atom is -0.480 e. The van der Waals surface area contributed by atoms with Crippen LogP contribution < -0.4 is 0 Å². The highest BCUT2D eigenvalue weighted by Gasteiger charge is 2.36. The van der Waals surface area contributed by atoms with E-state index in [9.17, 15) is 14.7 Å². The molecule has 1 atom stereocenters. The van der Waals surface area contributed by atoms with Crippen molar-refractivity contribution in [3.05, 3.63) is 17.0 Å². The van der Waals surface area contributed by atoms with Gasteiger partial charge < -0.3 is 19.3 Å². The molecule has 0 saturated carbocycles. The number of aromatic nitrogens is 1. The maximum Gasteiger partial charge on any atom is 0.328 e. The van der Waals surface area contributed by atoms with Crippen LogP contribution in [0.25, 0.3) is 0 Å². The summed E-state index contributed by atoms with van der Waals surface area (Å²) in [5.74, 6) is -0.647. The first-order valence-corrected chi connectivity index (χ1v) is 7.27.